The van der Waals surface area contributed by atoms with Gasteiger partial charge < -0.3 is 5.11 Å². The van der Waals surface area contributed by atoms with E-state index in [9.17, 15) is 36.2 Å². The van der Waals surface area contributed by atoms with Crippen LogP contribution in [0.4, 0.5) is 26.3 Å². The molecule has 0 aromatic carbocycles. The van der Waals surface area contributed by atoms with Gasteiger partial charge in [-0.2, -0.15) is 26.3 Å². The summed E-state index contributed by atoms with van der Waals surface area (Å²) < 4.78 is 76.0. The van der Waals surface area contributed by atoms with E-state index in [1.54, 1.807) is 0 Å². The second kappa shape index (κ2) is 7.19. The van der Waals surface area contributed by atoms with Crippen LogP contribution in [0.1, 0.15) is 59.3 Å². The number of hydrogen-bond acceptors (Lipinski definition) is 2. The maximum atomic E-state index is 12.7. The molecule has 1 N–H and O–H groups in total. The lowest BCUT2D eigenvalue weighted by atomic mass is 9.71. The molecule has 146 valence electrons. The Bertz CT molecular complexity index is 490. The van der Waals surface area contributed by atoms with Gasteiger partial charge in [-0.05, 0) is 31.1 Å². The Labute approximate surface area is 143 Å². The maximum Gasteiger partial charge on any atom is 0.390 e. The lowest BCUT2D eigenvalue weighted by molar-refractivity contribution is -0.190. The number of hydrogen-bond donors (Lipinski definition) is 1. The van der Waals surface area contributed by atoms with Crippen LogP contribution in [-0.4, -0.2) is 23.2 Å². The molecule has 0 radical (unpaired) electrons. The number of allylic oxidation sites excluding steroid dienone is 2. The van der Waals surface area contributed by atoms with E-state index in [4.69, 9.17) is 0 Å². The van der Waals surface area contributed by atoms with Gasteiger partial charge in [0.05, 0.1) is 12.8 Å². The minimum Gasteiger partial charge on any atom is -0.512 e. The molecule has 2 nitrogen and oxygen atoms in total. The van der Waals surface area contributed by atoms with E-state index in [-0.39, 0.29) is 5.41 Å². The van der Waals surface area contributed by atoms with Gasteiger partial charge >= 0.3 is 12.4 Å². The van der Waals surface area contributed by atoms with Crippen LogP contribution in [0.15, 0.2) is 11.8 Å². The van der Waals surface area contributed by atoms with Crippen molar-refractivity contribution in [3.63, 3.8) is 0 Å². The zero-order valence-electron chi connectivity index (χ0n) is 14.5. The standard InChI is InChI=1S/C17H24F6O2/c1-14(2)6-4-11(5-7-14)12(24)8-13(25)15(3,9-16(18,19)20)10-17(21,22)23/h8,11,25H,4-7,9-10H2,1-3H3. The van der Waals surface area contributed by atoms with Crippen molar-refractivity contribution in [2.45, 2.75) is 71.6 Å². The molecule has 0 saturated heterocycles. The number of halogens is 6. The lowest BCUT2D eigenvalue weighted by Crippen LogP contribution is -2.33. The van der Waals surface area contributed by atoms with Gasteiger partial charge in [-0.1, -0.05) is 20.8 Å². The van der Waals surface area contributed by atoms with E-state index in [1.165, 1.54) is 0 Å². The second-order valence-electron chi connectivity index (χ2n) is 8.02. The third kappa shape index (κ3) is 7.28. The highest BCUT2D eigenvalue weighted by Crippen LogP contribution is 2.46. The Hall–Kier alpha value is -1.21. The first-order valence-corrected chi connectivity index (χ1v) is 8.12. The fourth-order valence-corrected chi connectivity index (χ4v) is 3.24. The predicted octanol–water partition coefficient (Wildman–Crippen LogP) is 6.12. The topological polar surface area (TPSA) is 37.3 Å². The number of aliphatic hydroxyl groups excluding tert-OH is 1. The molecule has 25 heavy (non-hydrogen) atoms. The molecule has 0 aliphatic heterocycles. The fourth-order valence-electron chi connectivity index (χ4n) is 3.24. The van der Waals surface area contributed by atoms with Gasteiger partial charge in [0, 0.05) is 17.4 Å². The van der Waals surface area contributed by atoms with Crippen LogP contribution in [0.5, 0.6) is 0 Å². The van der Waals surface area contributed by atoms with Crippen LogP contribution in [0.2, 0.25) is 0 Å². The smallest absolute Gasteiger partial charge is 0.390 e. The van der Waals surface area contributed by atoms with Crippen LogP contribution in [0.25, 0.3) is 0 Å². The SMILES string of the molecule is CC1(C)CCC(C(=O)C=C(O)C(C)(CC(F)(F)F)CC(F)(F)F)CC1. The summed E-state index contributed by atoms with van der Waals surface area (Å²) in [5.74, 6) is -2.24. The van der Waals surface area contributed by atoms with E-state index in [1.807, 2.05) is 13.8 Å². The third-order valence-corrected chi connectivity index (χ3v) is 4.82. The number of alkyl halides is 6. The largest absolute Gasteiger partial charge is 0.512 e. The normalized spacial score (nSPS) is 20.6. The molecule has 1 saturated carbocycles. The van der Waals surface area contributed by atoms with Gasteiger partial charge in [-0.15, -0.1) is 0 Å². The molecule has 0 unspecified atom stereocenters. The Kier molecular flexibility index (Phi) is 6.28. The molecule has 1 fully saturated rings. The predicted molar refractivity (Wildman–Crippen MR) is 80.9 cm³/mol. The highest BCUT2D eigenvalue weighted by molar-refractivity contribution is 5.92. The van der Waals surface area contributed by atoms with Crippen molar-refractivity contribution >= 4 is 5.78 Å². The number of rotatable bonds is 5. The summed E-state index contributed by atoms with van der Waals surface area (Å²) in [7, 11) is 0. The average molecular weight is 374 g/mol. The van der Waals surface area contributed by atoms with Crippen molar-refractivity contribution in [3.05, 3.63) is 11.8 Å². The van der Waals surface area contributed by atoms with Gasteiger partial charge in [0.2, 0.25) is 0 Å². The molecule has 0 bridgehead atoms. The van der Waals surface area contributed by atoms with E-state index < -0.39 is 48.1 Å². The van der Waals surface area contributed by atoms with Crippen LogP contribution < -0.4 is 0 Å². The van der Waals surface area contributed by atoms with E-state index in [0.29, 0.717) is 25.8 Å². The summed E-state index contributed by atoms with van der Waals surface area (Å²) in [6.45, 7) is 4.74. The molecule has 8 heteroatoms. The molecule has 1 rings (SSSR count). The summed E-state index contributed by atoms with van der Waals surface area (Å²) in [4.78, 5) is 12.2. The quantitative estimate of drug-likeness (QED) is 0.357. The summed E-state index contributed by atoms with van der Waals surface area (Å²) >= 11 is 0. The number of carbonyl (C=O) groups excluding carboxylic acids is 1. The van der Waals surface area contributed by atoms with Crippen LogP contribution in [-0.2, 0) is 4.79 Å². The molecular formula is C17H24F6O2. The Morgan fingerprint density at radius 1 is 1.04 bits per heavy atom. The average Bonchev–Trinajstić information content (AvgIpc) is 2.33. The molecular weight excluding hydrogens is 350 g/mol. The van der Waals surface area contributed by atoms with Crippen molar-refractivity contribution in [2.24, 2.45) is 16.7 Å². The summed E-state index contributed by atoms with van der Waals surface area (Å²) in [5.41, 5.74) is -2.55. The minimum absolute atomic E-state index is 0.0591. The van der Waals surface area contributed by atoms with Crippen molar-refractivity contribution in [1.82, 2.24) is 0 Å². The molecule has 1 aliphatic rings. The number of carbonyl (C=O) groups is 1. The van der Waals surface area contributed by atoms with Crippen LogP contribution >= 0.6 is 0 Å². The van der Waals surface area contributed by atoms with E-state index in [2.05, 4.69) is 0 Å². The van der Waals surface area contributed by atoms with Crippen molar-refractivity contribution < 1.29 is 36.2 Å². The zero-order chi connectivity index (χ0) is 19.7. The first-order chi connectivity index (χ1) is 11.0. The summed E-state index contributed by atoms with van der Waals surface area (Å²) in [6, 6.07) is 0. The summed E-state index contributed by atoms with van der Waals surface area (Å²) in [6.07, 6.45) is -10.5. The van der Waals surface area contributed by atoms with Crippen LogP contribution in [0.3, 0.4) is 0 Å². The number of ketones is 1. The first kappa shape index (κ1) is 21.8. The highest BCUT2D eigenvalue weighted by Gasteiger charge is 2.49. The Morgan fingerprint density at radius 2 is 1.44 bits per heavy atom. The summed E-state index contributed by atoms with van der Waals surface area (Å²) in [5, 5.41) is 9.94. The Balaban J connectivity index is 2.97. The lowest BCUT2D eigenvalue weighted by Gasteiger charge is -2.34. The molecule has 0 atom stereocenters. The molecule has 0 heterocycles. The van der Waals surface area contributed by atoms with Crippen molar-refractivity contribution in [1.29, 1.82) is 0 Å². The molecule has 1 aliphatic carbocycles. The number of aliphatic hydroxyl groups is 1. The Morgan fingerprint density at radius 3 is 1.80 bits per heavy atom. The van der Waals surface area contributed by atoms with Gasteiger partial charge in [0.1, 0.15) is 5.76 Å². The van der Waals surface area contributed by atoms with Gasteiger partial charge in [0.25, 0.3) is 0 Å². The fraction of sp³-hybridized carbons (Fsp3) is 0.824. The van der Waals surface area contributed by atoms with E-state index >= 15 is 0 Å². The van der Waals surface area contributed by atoms with Crippen LogP contribution in [0, 0.1) is 16.7 Å². The maximum absolute atomic E-state index is 12.7. The molecule has 0 aromatic heterocycles. The van der Waals surface area contributed by atoms with E-state index in [0.717, 1.165) is 12.8 Å². The third-order valence-electron chi connectivity index (χ3n) is 4.82. The second-order valence-corrected chi connectivity index (χ2v) is 8.02. The van der Waals surface area contributed by atoms with Gasteiger partial charge in [-0.25, -0.2) is 0 Å². The molecule has 0 amide bonds. The minimum atomic E-state index is -4.90. The monoisotopic (exact) mass is 374 g/mol. The zero-order valence-corrected chi connectivity index (χ0v) is 14.5. The molecule has 0 aromatic rings. The molecule has 0 spiro atoms. The van der Waals surface area contributed by atoms with Crippen molar-refractivity contribution in [3.8, 4) is 0 Å². The first-order valence-electron chi connectivity index (χ1n) is 8.12. The van der Waals surface area contributed by atoms with Gasteiger partial charge in [-0.3, -0.25) is 4.79 Å². The van der Waals surface area contributed by atoms with Gasteiger partial charge in [0.15, 0.2) is 5.78 Å². The highest BCUT2D eigenvalue weighted by atomic mass is 19.4. The van der Waals surface area contributed by atoms with Crippen molar-refractivity contribution in [2.75, 3.05) is 0 Å².